The highest BCUT2D eigenvalue weighted by Crippen LogP contribution is 2.27. The molecular weight excluding hydrogens is 144 g/mol. The summed E-state index contributed by atoms with van der Waals surface area (Å²) in [7, 11) is 0. The van der Waals surface area contributed by atoms with Gasteiger partial charge in [-0.25, -0.2) is 0 Å². The van der Waals surface area contributed by atoms with Gasteiger partial charge in [-0.15, -0.1) is 0 Å². The molecule has 0 aromatic heterocycles. The van der Waals surface area contributed by atoms with Crippen molar-refractivity contribution in [3.8, 4) is 0 Å². The van der Waals surface area contributed by atoms with Crippen molar-refractivity contribution in [3.05, 3.63) is 11.6 Å². The highest BCUT2D eigenvalue weighted by molar-refractivity contribution is 5.05. The van der Waals surface area contributed by atoms with Gasteiger partial charge in [-0.1, -0.05) is 53.2 Å². The fraction of sp³-hybridized carbons (Fsp3) is 0.833. The highest BCUT2D eigenvalue weighted by atomic mass is 14.2. The van der Waals surface area contributed by atoms with Crippen LogP contribution >= 0.6 is 0 Å². The van der Waals surface area contributed by atoms with E-state index in [9.17, 15) is 0 Å². The number of allylic oxidation sites excluding steroid dienone is 2. The molecule has 0 aliphatic rings. The second kappa shape index (κ2) is 3.64. The van der Waals surface area contributed by atoms with Crippen LogP contribution in [-0.4, -0.2) is 0 Å². The molecule has 0 rings (SSSR count). The van der Waals surface area contributed by atoms with Crippen molar-refractivity contribution in [2.45, 2.75) is 54.9 Å². The van der Waals surface area contributed by atoms with Crippen molar-refractivity contribution in [2.24, 2.45) is 10.8 Å². The van der Waals surface area contributed by atoms with Gasteiger partial charge in [-0.05, 0) is 24.2 Å². The van der Waals surface area contributed by atoms with E-state index in [2.05, 4.69) is 54.5 Å². The van der Waals surface area contributed by atoms with Gasteiger partial charge in [-0.2, -0.15) is 0 Å². The van der Waals surface area contributed by atoms with Gasteiger partial charge in [0, 0.05) is 0 Å². The lowest BCUT2D eigenvalue weighted by Crippen LogP contribution is -2.07. The fourth-order valence-electron chi connectivity index (χ4n) is 1.63. The maximum Gasteiger partial charge on any atom is -0.0201 e. The molecule has 0 fully saturated rings. The predicted octanol–water partition coefficient (Wildman–Crippen LogP) is 4.42. The molecule has 0 unspecified atom stereocenters. The summed E-state index contributed by atoms with van der Waals surface area (Å²) in [6.45, 7) is 15.8. The van der Waals surface area contributed by atoms with Crippen LogP contribution in [0.4, 0.5) is 0 Å². The number of hydrogen-bond donors (Lipinski definition) is 0. The molecule has 72 valence electrons. The van der Waals surface area contributed by atoms with Crippen molar-refractivity contribution >= 4 is 0 Å². The minimum absolute atomic E-state index is 0.329. The van der Waals surface area contributed by atoms with Gasteiger partial charge < -0.3 is 0 Å². The Balaban J connectivity index is 4.23. The second-order valence-electron chi connectivity index (χ2n) is 6.09. The van der Waals surface area contributed by atoms with Crippen LogP contribution in [0.25, 0.3) is 0 Å². The van der Waals surface area contributed by atoms with Gasteiger partial charge in [0.05, 0.1) is 0 Å². The third-order valence-electron chi connectivity index (χ3n) is 1.49. The highest BCUT2D eigenvalue weighted by Gasteiger charge is 2.13. The van der Waals surface area contributed by atoms with Crippen LogP contribution in [0.2, 0.25) is 0 Å². The molecule has 0 aliphatic heterocycles. The molecule has 0 saturated heterocycles. The summed E-state index contributed by atoms with van der Waals surface area (Å²) in [5, 5.41) is 0. The molecule has 0 nitrogen and oxygen atoms in total. The van der Waals surface area contributed by atoms with Crippen molar-refractivity contribution in [1.82, 2.24) is 0 Å². The molecule has 0 radical (unpaired) electrons. The summed E-state index contributed by atoms with van der Waals surface area (Å²) in [5.41, 5.74) is 2.26. The second-order valence-corrected chi connectivity index (χ2v) is 6.09. The molecule has 0 aromatic carbocycles. The third-order valence-corrected chi connectivity index (χ3v) is 1.49. The van der Waals surface area contributed by atoms with Crippen LogP contribution in [0.3, 0.4) is 0 Å². The van der Waals surface area contributed by atoms with E-state index < -0.39 is 0 Å². The van der Waals surface area contributed by atoms with Crippen LogP contribution in [0.5, 0.6) is 0 Å². The van der Waals surface area contributed by atoms with Crippen LogP contribution < -0.4 is 0 Å². The molecule has 0 heterocycles. The smallest absolute Gasteiger partial charge is 0.0201 e. The van der Waals surface area contributed by atoms with Crippen LogP contribution in [-0.2, 0) is 0 Å². The molecule has 0 atom stereocenters. The maximum absolute atomic E-state index is 2.37. The minimum Gasteiger partial charge on any atom is -0.0802 e. The number of hydrogen-bond acceptors (Lipinski definition) is 0. The molecule has 0 aromatic rings. The van der Waals surface area contributed by atoms with Crippen molar-refractivity contribution < 1.29 is 0 Å². The summed E-state index contributed by atoms with van der Waals surface area (Å²) >= 11 is 0. The first-order valence-corrected chi connectivity index (χ1v) is 4.78. The molecule has 0 saturated carbocycles. The van der Waals surface area contributed by atoms with Gasteiger partial charge in [-0.3, -0.25) is 0 Å². The summed E-state index contributed by atoms with van der Waals surface area (Å²) in [5.74, 6) is 0. The van der Waals surface area contributed by atoms with Gasteiger partial charge in [0.25, 0.3) is 0 Å². The average Bonchev–Trinajstić information content (AvgIpc) is 1.49. The zero-order valence-electron chi connectivity index (χ0n) is 9.78. The minimum atomic E-state index is 0.329. The SMILES string of the molecule is C/C(=C\C(C)(C)C)CC(C)(C)C. The van der Waals surface area contributed by atoms with E-state index in [1.165, 1.54) is 12.0 Å². The molecule has 0 N–H and O–H groups in total. The van der Waals surface area contributed by atoms with E-state index in [-0.39, 0.29) is 0 Å². The number of rotatable bonds is 1. The lowest BCUT2D eigenvalue weighted by atomic mass is 9.85. The Hall–Kier alpha value is -0.260. The summed E-state index contributed by atoms with van der Waals surface area (Å²) in [4.78, 5) is 0. The van der Waals surface area contributed by atoms with E-state index >= 15 is 0 Å². The normalized spacial score (nSPS) is 15.1. The standard InChI is InChI=1S/C12H24/c1-10(8-11(2,3)4)9-12(5,6)7/h8H,9H2,1-7H3/b10-8+. The maximum atomic E-state index is 2.37. The molecule has 0 amide bonds. The molecule has 0 heteroatoms. The van der Waals surface area contributed by atoms with Crippen LogP contribution in [0.15, 0.2) is 11.6 Å². The Bertz CT molecular complexity index is 159. The quantitative estimate of drug-likeness (QED) is 0.509. The Morgan fingerprint density at radius 1 is 1.00 bits per heavy atom. The largest absolute Gasteiger partial charge is 0.0802 e. The van der Waals surface area contributed by atoms with Gasteiger partial charge in [0.2, 0.25) is 0 Å². The first-order valence-electron chi connectivity index (χ1n) is 4.78. The topological polar surface area (TPSA) is 0 Å². The van der Waals surface area contributed by atoms with Crippen LogP contribution in [0.1, 0.15) is 54.9 Å². The fourth-order valence-corrected chi connectivity index (χ4v) is 1.63. The Labute approximate surface area is 78.1 Å². The lowest BCUT2D eigenvalue weighted by Gasteiger charge is -2.21. The van der Waals surface area contributed by atoms with Gasteiger partial charge in [0.1, 0.15) is 0 Å². The summed E-state index contributed by atoms with van der Waals surface area (Å²) < 4.78 is 0. The zero-order valence-corrected chi connectivity index (χ0v) is 9.78. The van der Waals surface area contributed by atoms with E-state index in [1.807, 2.05) is 0 Å². The Kier molecular flexibility index (Phi) is 3.56. The monoisotopic (exact) mass is 168 g/mol. The lowest BCUT2D eigenvalue weighted by molar-refractivity contribution is 0.405. The Morgan fingerprint density at radius 3 is 1.67 bits per heavy atom. The molecule has 0 spiro atoms. The summed E-state index contributed by atoms with van der Waals surface area (Å²) in [6, 6.07) is 0. The van der Waals surface area contributed by atoms with E-state index in [1.54, 1.807) is 0 Å². The van der Waals surface area contributed by atoms with Crippen molar-refractivity contribution in [2.75, 3.05) is 0 Å². The van der Waals surface area contributed by atoms with Crippen molar-refractivity contribution in [3.63, 3.8) is 0 Å². The molecular formula is C12H24. The van der Waals surface area contributed by atoms with E-state index in [0.29, 0.717) is 10.8 Å². The van der Waals surface area contributed by atoms with Gasteiger partial charge in [0.15, 0.2) is 0 Å². The Morgan fingerprint density at radius 2 is 1.42 bits per heavy atom. The van der Waals surface area contributed by atoms with Gasteiger partial charge >= 0.3 is 0 Å². The average molecular weight is 168 g/mol. The molecule has 12 heavy (non-hydrogen) atoms. The van der Waals surface area contributed by atoms with E-state index in [4.69, 9.17) is 0 Å². The predicted molar refractivity (Wildman–Crippen MR) is 57.3 cm³/mol. The zero-order chi connectivity index (χ0) is 9.99. The third kappa shape index (κ3) is 7.84. The molecule has 0 aliphatic carbocycles. The van der Waals surface area contributed by atoms with Crippen molar-refractivity contribution in [1.29, 1.82) is 0 Å². The van der Waals surface area contributed by atoms with Crippen LogP contribution in [0, 0.1) is 10.8 Å². The first kappa shape index (κ1) is 11.7. The first-order chi connectivity index (χ1) is 5.10. The summed E-state index contributed by atoms with van der Waals surface area (Å²) in [6.07, 6.45) is 3.57. The molecule has 0 bridgehead atoms. The van der Waals surface area contributed by atoms with E-state index in [0.717, 1.165) is 0 Å².